The van der Waals surface area contributed by atoms with Crippen molar-refractivity contribution in [2.24, 2.45) is 0 Å². The first-order valence-electron chi connectivity index (χ1n) is 4.50. The molecule has 0 spiro atoms. The van der Waals surface area contributed by atoms with Crippen LogP contribution in [0.15, 0.2) is 48.2 Å². The second kappa shape index (κ2) is 6.16. The highest BCUT2D eigenvalue weighted by molar-refractivity contribution is 7.80. The second-order valence-corrected chi connectivity index (χ2v) is 3.21. The van der Waals surface area contributed by atoms with Crippen LogP contribution in [0, 0.1) is 0 Å². The van der Waals surface area contributed by atoms with Crippen molar-refractivity contribution in [1.29, 1.82) is 0 Å². The van der Waals surface area contributed by atoms with Gasteiger partial charge < -0.3 is 10.6 Å². The molecule has 0 unspecified atom stereocenters. The summed E-state index contributed by atoms with van der Waals surface area (Å²) in [5, 5.41) is 6.64. The van der Waals surface area contributed by atoms with Crippen LogP contribution in [0.2, 0.25) is 0 Å². The van der Waals surface area contributed by atoms with Gasteiger partial charge in [0.2, 0.25) is 0 Å². The molecular weight excluding hydrogens is 192 g/mol. The lowest BCUT2D eigenvalue weighted by molar-refractivity contribution is 0.995. The fourth-order valence-electron chi connectivity index (χ4n) is 1.01. The second-order valence-electron chi connectivity index (χ2n) is 2.80. The van der Waals surface area contributed by atoms with Gasteiger partial charge in [0.05, 0.1) is 0 Å². The maximum atomic E-state index is 5.02. The van der Waals surface area contributed by atoms with E-state index >= 15 is 0 Å². The molecule has 0 aromatic heterocycles. The van der Waals surface area contributed by atoms with Gasteiger partial charge in [0, 0.05) is 19.2 Å². The van der Waals surface area contributed by atoms with E-state index in [-0.39, 0.29) is 0 Å². The lowest BCUT2D eigenvalue weighted by atomic mass is 10.2. The Balaban J connectivity index is 2.63. The quantitative estimate of drug-likeness (QED) is 0.642. The summed E-state index contributed by atoms with van der Waals surface area (Å²) in [7, 11) is 1.80. The Kier molecular flexibility index (Phi) is 4.72. The third-order valence-electron chi connectivity index (χ3n) is 1.72. The zero-order valence-electron chi connectivity index (χ0n) is 8.16. The molecule has 14 heavy (non-hydrogen) atoms. The largest absolute Gasteiger partial charge is 0.366 e. The minimum atomic E-state index is 0.644. The van der Waals surface area contributed by atoms with Crippen molar-refractivity contribution in [1.82, 2.24) is 10.6 Å². The van der Waals surface area contributed by atoms with E-state index in [1.807, 2.05) is 36.5 Å². The maximum Gasteiger partial charge on any atom is 0.170 e. The fourth-order valence-corrected chi connectivity index (χ4v) is 1.14. The Morgan fingerprint density at radius 3 is 2.71 bits per heavy atom. The maximum absolute atomic E-state index is 5.02. The first kappa shape index (κ1) is 10.7. The van der Waals surface area contributed by atoms with Gasteiger partial charge in [-0.3, -0.25) is 0 Å². The molecule has 0 amide bonds. The van der Waals surface area contributed by atoms with E-state index in [9.17, 15) is 0 Å². The van der Waals surface area contributed by atoms with E-state index in [0.29, 0.717) is 5.11 Å². The lowest BCUT2D eigenvalue weighted by Crippen LogP contribution is -2.31. The molecule has 0 aromatic rings. The summed E-state index contributed by atoms with van der Waals surface area (Å²) in [6.07, 6.45) is 15.0. The van der Waals surface area contributed by atoms with Gasteiger partial charge in [-0.15, -0.1) is 0 Å². The van der Waals surface area contributed by atoms with E-state index in [2.05, 4.69) is 16.7 Å². The lowest BCUT2D eigenvalue weighted by Gasteiger charge is -2.08. The predicted octanol–water partition coefficient (Wildman–Crippen LogP) is 2.04. The van der Waals surface area contributed by atoms with Crippen LogP contribution in [0.5, 0.6) is 0 Å². The number of nitrogens with one attached hydrogen (secondary N) is 2. The van der Waals surface area contributed by atoms with Crippen molar-refractivity contribution in [3.05, 3.63) is 48.2 Å². The number of hydrogen-bond acceptors (Lipinski definition) is 1. The minimum absolute atomic E-state index is 0.644. The molecule has 0 radical (unpaired) electrons. The molecule has 0 atom stereocenters. The van der Waals surface area contributed by atoms with Crippen molar-refractivity contribution in [2.45, 2.75) is 6.42 Å². The molecule has 0 saturated carbocycles. The molecule has 1 aliphatic rings. The van der Waals surface area contributed by atoms with E-state index < -0.39 is 0 Å². The Bertz CT molecular complexity index is 311. The molecule has 2 nitrogen and oxygen atoms in total. The minimum Gasteiger partial charge on any atom is -0.366 e. The summed E-state index contributed by atoms with van der Waals surface area (Å²) >= 11 is 5.02. The van der Waals surface area contributed by atoms with Crippen molar-refractivity contribution < 1.29 is 0 Å². The van der Waals surface area contributed by atoms with Gasteiger partial charge in [-0.05, 0) is 18.3 Å². The molecule has 0 heterocycles. The molecule has 74 valence electrons. The Morgan fingerprint density at radius 2 is 1.93 bits per heavy atom. The van der Waals surface area contributed by atoms with Crippen LogP contribution >= 0.6 is 12.2 Å². The molecule has 0 bridgehead atoms. The van der Waals surface area contributed by atoms with Crippen LogP contribution in [0.4, 0.5) is 0 Å². The summed E-state index contributed by atoms with van der Waals surface area (Å²) in [4.78, 5) is 0. The van der Waals surface area contributed by atoms with Crippen LogP contribution in [0.25, 0.3) is 0 Å². The van der Waals surface area contributed by atoms with Crippen LogP contribution in [-0.4, -0.2) is 12.2 Å². The summed E-state index contributed by atoms with van der Waals surface area (Å²) < 4.78 is 0. The van der Waals surface area contributed by atoms with E-state index in [4.69, 9.17) is 12.2 Å². The van der Waals surface area contributed by atoms with Crippen LogP contribution in [0.3, 0.4) is 0 Å². The Hall–Kier alpha value is -1.35. The molecule has 0 saturated heterocycles. The normalized spacial score (nSPS) is 15.1. The van der Waals surface area contributed by atoms with Crippen LogP contribution in [-0.2, 0) is 0 Å². The van der Waals surface area contributed by atoms with Crippen LogP contribution < -0.4 is 10.6 Å². The molecule has 0 fully saturated rings. The molecule has 3 heteroatoms. The summed E-state index contributed by atoms with van der Waals surface area (Å²) in [6, 6.07) is 0. The highest BCUT2D eigenvalue weighted by Gasteiger charge is 1.95. The smallest absolute Gasteiger partial charge is 0.170 e. The third kappa shape index (κ3) is 4.05. The van der Waals surface area contributed by atoms with Crippen LogP contribution in [0.1, 0.15) is 6.42 Å². The molecule has 2 N–H and O–H groups in total. The average Bonchev–Trinajstić information content (AvgIpc) is 2.31. The SMILES string of the molecule is CNC(=S)NC1=CC=CC=CC=CC1. The standard InChI is InChI=1S/C11H14N2S/c1-12-11(14)13-10-8-6-4-2-3-5-7-9-10/h2-8H,9H2,1H3,(H2,12,13,14). The van der Waals surface area contributed by atoms with Gasteiger partial charge in [0.1, 0.15) is 0 Å². The topological polar surface area (TPSA) is 24.1 Å². The number of thiocarbonyl (C=S) groups is 1. The van der Waals surface area contributed by atoms with Gasteiger partial charge in [0.15, 0.2) is 5.11 Å². The summed E-state index contributed by atoms with van der Waals surface area (Å²) in [5.74, 6) is 0. The zero-order chi connectivity index (χ0) is 10.2. The molecule has 0 aromatic carbocycles. The van der Waals surface area contributed by atoms with Crippen molar-refractivity contribution in [2.75, 3.05) is 7.05 Å². The average molecular weight is 206 g/mol. The molecular formula is C11H14N2S. The van der Waals surface area contributed by atoms with Gasteiger partial charge >= 0.3 is 0 Å². The highest BCUT2D eigenvalue weighted by atomic mass is 32.1. The first-order chi connectivity index (χ1) is 6.83. The molecule has 0 aliphatic heterocycles. The van der Waals surface area contributed by atoms with Crippen molar-refractivity contribution in [3.63, 3.8) is 0 Å². The fraction of sp³-hybridized carbons (Fsp3) is 0.182. The first-order valence-corrected chi connectivity index (χ1v) is 4.91. The monoisotopic (exact) mass is 206 g/mol. The van der Waals surface area contributed by atoms with Crippen molar-refractivity contribution in [3.8, 4) is 0 Å². The van der Waals surface area contributed by atoms with Gasteiger partial charge in [-0.2, -0.15) is 0 Å². The highest BCUT2D eigenvalue weighted by Crippen LogP contribution is 2.01. The Morgan fingerprint density at radius 1 is 1.21 bits per heavy atom. The van der Waals surface area contributed by atoms with E-state index in [0.717, 1.165) is 12.1 Å². The summed E-state index contributed by atoms with van der Waals surface area (Å²) in [6.45, 7) is 0. The van der Waals surface area contributed by atoms with E-state index in [1.165, 1.54) is 0 Å². The predicted molar refractivity (Wildman–Crippen MR) is 64.9 cm³/mol. The molecule has 1 rings (SSSR count). The number of allylic oxidation sites excluding steroid dienone is 7. The van der Waals surface area contributed by atoms with Crippen molar-refractivity contribution >= 4 is 17.3 Å². The van der Waals surface area contributed by atoms with Gasteiger partial charge in [-0.25, -0.2) is 0 Å². The zero-order valence-corrected chi connectivity index (χ0v) is 8.97. The number of hydrogen-bond donors (Lipinski definition) is 2. The Labute approximate surface area is 90.1 Å². The van der Waals surface area contributed by atoms with E-state index in [1.54, 1.807) is 7.05 Å². The van der Waals surface area contributed by atoms with Gasteiger partial charge in [0.25, 0.3) is 0 Å². The molecule has 1 aliphatic carbocycles. The number of rotatable bonds is 1. The summed E-state index contributed by atoms with van der Waals surface area (Å²) in [5.41, 5.74) is 1.08. The van der Waals surface area contributed by atoms with Gasteiger partial charge in [-0.1, -0.05) is 36.5 Å². The third-order valence-corrected chi connectivity index (χ3v) is 2.02.